The molecule has 0 saturated carbocycles. The van der Waals surface area contributed by atoms with Crippen LogP contribution in [0, 0.1) is 11.7 Å². The maximum absolute atomic E-state index is 13.4. The molecule has 1 aliphatic rings. The predicted octanol–water partition coefficient (Wildman–Crippen LogP) is 4.20. The third-order valence-corrected chi connectivity index (χ3v) is 5.15. The van der Waals surface area contributed by atoms with Crippen molar-refractivity contribution in [2.75, 3.05) is 18.4 Å². The van der Waals surface area contributed by atoms with Gasteiger partial charge in [0.1, 0.15) is 5.82 Å². The van der Waals surface area contributed by atoms with E-state index in [1.165, 1.54) is 18.9 Å². The molecule has 0 atom stereocenters. The highest BCUT2D eigenvalue weighted by atomic mass is 79.9. The van der Waals surface area contributed by atoms with Crippen LogP contribution in [0.5, 0.6) is 0 Å². The number of piperidine rings is 1. The van der Waals surface area contributed by atoms with Crippen LogP contribution in [-0.2, 0) is 6.54 Å². The quantitative estimate of drug-likeness (QED) is 0.726. The summed E-state index contributed by atoms with van der Waals surface area (Å²) in [6, 6.07) is 5.26. The summed E-state index contributed by atoms with van der Waals surface area (Å²) in [7, 11) is 0. The molecule has 1 aromatic carbocycles. The maximum Gasteiger partial charge on any atom is 0.137 e. The average molecular weight is 365 g/mol. The molecule has 1 fully saturated rings. The lowest BCUT2D eigenvalue weighted by molar-refractivity contribution is 0.187. The predicted molar refractivity (Wildman–Crippen MR) is 75.9 cm³/mol. The SMILES string of the molecule is Fc1cccc(CN2CCC(CBr)CC2)c1Br. The van der Waals surface area contributed by atoms with E-state index in [1.54, 1.807) is 6.07 Å². The fraction of sp³-hybridized carbons (Fsp3) is 0.538. The standard InChI is InChI=1S/C13H16Br2FN/c14-8-10-4-6-17(7-5-10)9-11-2-1-3-12(16)13(11)15/h1-3,10H,4-9H2. The van der Waals surface area contributed by atoms with Crippen molar-refractivity contribution >= 4 is 31.9 Å². The van der Waals surface area contributed by atoms with Gasteiger partial charge in [0.2, 0.25) is 0 Å². The van der Waals surface area contributed by atoms with E-state index in [-0.39, 0.29) is 5.82 Å². The zero-order chi connectivity index (χ0) is 12.3. The van der Waals surface area contributed by atoms with Crippen molar-refractivity contribution < 1.29 is 4.39 Å². The second-order valence-corrected chi connectivity index (χ2v) is 6.03. The first-order chi connectivity index (χ1) is 8.20. The first-order valence-electron chi connectivity index (χ1n) is 5.92. The molecule has 17 heavy (non-hydrogen) atoms. The van der Waals surface area contributed by atoms with Gasteiger partial charge in [-0.1, -0.05) is 28.1 Å². The minimum atomic E-state index is -0.169. The lowest BCUT2D eigenvalue weighted by atomic mass is 9.99. The van der Waals surface area contributed by atoms with Gasteiger partial charge in [-0.3, -0.25) is 4.90 Å². The summed E-state index contributed by atoms with van der Waals surface area (Å²) in [6.07, 6.45) is 2.47. The fourth-order valence-electron chi connectivity index (χ4n) is 2.21. The van der Waals surface area contributed by atoms with Crippen LogP contribution in [0.3, 0.4) is 0 Å². The van der Waals surface area contributed by atoms with Gasteiger partial charge in [0, 0.05) is 11.9 Å². The van der Waals surface area contributed by atoms with Crippen LogP contribution in [-0.4, -0.2) is 23.3 Å². The van der Waals surface area contributed by atoms with E-state index in [4.69, 9.17) is 0 Å². The molecule has 1 aliphatic heterocycles. The van der Waals surface area contributed by atoms with Gasteiger partial charge in [0.15, 0.2) is 0 Å². The number of hydrogen-bond acceptors (Lipinski definition) is 1. The van der Waals surface area contributed by atoms with E-state index in [1.807, 2.05) is 6.07 Å². The van der Waals surface area contributed by atoms with E-state index >= 15 is 0 Å². The van der Waals surface area contributed by atoms with Gasteiger partial charge < -0.3 is 0 Å². The Morgan fingerprint density at radius 1 is 1.29 bits per heavy atom. The molecule has 0 N–H and O–H groups in total. The smallest absolute Gasteiger partial charge is 0.137 e. The summed E-state index contributed by atoms with van der Waals surface area (Å²) in [5.41, 5.74) is 1.04. The van der Waals surface area contributed by atoms with Crippen LogP contribution in [0.1, 0.15) is 18.4 Å². The summed E-state index contributed by atoms with van der Waals surface area (Å²) in [6.45, 7) is 3.06. The summed E-state index contributed by atoms with van der Waals surface area (Å²) >= 11 is 6.87. The zero-order valence-electron chi connectivity index (χ0n) is 9.63. The minimum absolute atomic E-state index is 0.169. The number of benzene rings is 1. The Labute approximate surface area is 119 Å². The molecule has 0 amide bonds. The summed E-state index contributed by atoms with van der Waals surface area (Å²) in [4.78, 5) is 2.40. The van der Waals surface area contributed by atoms with Crippen LogP contribution in [0.15, 0.2) is 22.7 Å². The number of alkyl halides is 1. The Balaban J connectivity index is 1.95. The Bertz CT molecular complexity index is 376. The van der Waals surface area contributed by atoms with E-state index in [0.717, 1.165) is 36.4 Å². The topological polar surface area (TPSA) is 3.24 Å². The second kappa shape index (κ2) is 6.30. The monoisotopic (exact) mass is 363 g/mol. The molecule has 0 aliphatic carbocycles. The van der Waals surface area contributed by atoms with Gasteiger partial charge in [-0.15, -0.1) is 0 Å². The van der Waals surface area contributed by atoms with Gasteiger partial charge >= 0.3 is 0 Å². The first kappa shape index (κ1) is 13.5. The summed E-state index contributed by atoms with van der Waals surface area (Å²) < 4.78 is 14.0. The van der Waals surface area contributed by atoms with Gasteiger partial charge in [0.25, 0.3) is 0 Å². The highest BCUT2D eigenvalue weighted by Crippen LogP contribution is 2.25. The Morgan fingerprint density at radius 2 is 2.00 bits per heavy atom. The molecule has 1 nitrogen and oxygen atoms in total. The van der Waals surface area contributed by atoms with Crippen LogP contribution < -0.4 is 0 Å². The highest BCUT2D eigenvalue weighted by Gasteiger charge is 2.19. The molecule has 0 spiro atoms. The molecule has 1 saturated heterocycles. The number of hydrogen-bond donors (Lipinski definition) is 0. The number of nitrogens with zero attached hydrogens (tertiary/aromatic N) is 1. The molecule has 0 unspecified atom stereocenters. The summed E-state index contributed by atoms with van der Waals surface area (Å²) in [5.74, 6) is 0.639. The molecule has 0 aromatic heterocycles. The lowest BCUT2D eigenvalue weighted by Gasteiger charge is -2.31. The van der Waals surface area contributed by atoms with Crippen molar-refractivity contribution in [1.29, 1.82) is 0 Å². The molecule has 0 radical (unpaired) electrons. The fourth-order valence-corrected chi connectivity index (χ4v) is 3.25. The third kappa shape index (κ3) is 3.52. The highest BCUT2D eigenvalue weighted by molar-refractivity contribution is 9.10. The van der Waals surface area contributed by atoms with Crippen molar-refractivity contribution in [3.63, 3.8) is 0 Å². The molecule has 2 rings (SSSR count). The third-order valence-electron chi connectivity index (χ3n) is 3.35. The van der Waals surface area contributed by atoms with Crippen LogP contribution in [0.25, 0.3) is 0 Å². The van der Waals surface area contributed by atoms with E-state index < -0.39 is 0 Å². The lowest BCUT2D eigenvalue weighted by Crippen LogP contribution is -2.33. The molecular formula is C13H16Br2FN. The molecule has 4 heteroatoms. The van der Waals surface area contributed by atoms with E-state index in [2.05, 4.69) is 36.8 Å². The summed E-state index contributed by atoms with van der Waals surface area (Å²) in [5, 5.41) is 1.10. The Hall–Kier alpha value is 0.0700. The molecule has 94 valence electrons. The Kier molecular flexibility index (Phi) is 5.00. The van der Waals surface area contributed by atoms with Gasteiger partial charge in [-0.25, -0.2) is 4.39 Å². The van der Waals surface area contributed by atoms with Crippen LogP contribution >= 0.6 is 31.9 Å². The van der Waals surface area contributed by atoms with Crippen molar-refractivity contribution in [3.8, 4) is 0 Å². The Morgan fingerprint density at radius 3 is 2.65 bits per heavy atom. The van der Waals surface area contributed by atoms with Gasteiger partial charge in [-0.05, 0) is 59.4 Å². The second-order valence-electron chi connectivity index (χ2n) is 4.59. The first-order valence-corrected chi connectivity index (χ1v) is 7.83. The molecule has 0 bridgehead atoms. The van der Waals surface area contributed by atoms with E-state index in [9.17, 15) is 4.39 Å². The average Bonchev–Trinajstić information content (AvgIpc) is 2.36. The maximum atomic E-state index is 13.4. The zero-order valence-corrected chi connectivity index (χ0v) is 12.8. The van der Waals surface area contributed by atoms with Gasteiger partial charge in [-0.2, -0.15) is 0 Å². The van der Waals surface area contributed by atoms with Crippen molar-refractivity contribution in [3.05, 3.63) is 34.1 Å². The van der Waals surface area contributed by atoms with Crippen LogP contribution in [0.4, 0.5) is 4.39 Å². The molecule has 1 aromatic rings. The number of halogens is 3. The molecular weight excluding hydrogens is 349 g/mol. The minimum Gasteiger partial charge on any atom is -0.299 e. The van der Waals surface area contributed by atoms with Gasteiger partial charge in [0.05, 0.1) is 4.47 Å². The number of likely N-dealkylation sites (tertiary alicyclic amines) is 1. The van der Waals surface area contributed by atoms with E-state index in [0.29, 0.717) is 4.47 Å². The van der Waals surface area contributed by atoms with Crippen molar-refractivity contribution in [2.45, 2.75) is 19.4 Å². The normalized spacial score (nSPS) is 18.5. The largest absolute Gasteiger partial charge is 0.299 e. The molecule has 1 heterocycles. The van der Waals surface area contributed by atoms with Crippen LogP contribution in [0.2, 0.25) is 0 Å². The van der Waals surface area contributed by atoms with Crippen molar-refractivity contribution in [2.24, 2.45) is 5.92 Å². The van der Waals surface area contributed by atoms with Crippen molar-refractivity contribution in [1.82, 2.24) is 4.90 Å². The number of rotatable bonds is 3.